The lowest BCUT2D eigenvalue weighted by atomic mass is 10.3. The number of hydrogen-bond donors (Lipinski definition) is 2. The van der Waals surface area contributed by atoms with Crippen LogP contribution in [0.15, 0.2) is 28.7 Å². The number of halogens is 1. The Bertz CT molecular complexity index is 397. The first-order chi connectivity index (χ1) is 9.01. The summed E-state index contributed by atoms with van der Waals surface area (Å²) in [6.07, 6.45) is -0.588. The van der Waals surface area contributed by atoms with Gasteiger partial charge >= 0.3 is 0 Å². The predicted molar refractivity (Wildman–Crippen MR) is 78.2 cm³/mol. The highest BCUT2D eigenvalue weighted by molar-refractivity contribution is 9.10. The molecule has 106 valence electrons. The zero-order chi connectivity index (χ0) is 14.3. The van der Waals surface area contributed by atoms with Crippen molar-refractivity contribution in [3.05, 3.63) is 28.7 Å². The summed E-state index contributed by atoms with van der Waals surface area (Å²) in [7, 11) is 3.31. The van der Waals surface area contributed by atoms with Crippen molar-refractivity contribution >= 4 is 27.5 Å². The van der Waals surface area contributed by atoms with Crippen LogP contribution in [0.4, 0.5) is 5.69 Å². The van der Waals surface area contributed by atoms with E-state index in [0.717, 1.165) is 10.2 Å². The van der Waals surface area contributed by atoms with Gasteiger partial charge in [-0.2, -0.15) is 0 Å². The fourth-order valence-electron chi connectivity index (χ4n) is 1.65. The Balaban J connectivity index is 2.36. The topological polar surface area (TPSA) is 61.8 Å². The highest BCUT2D eigenvalue weighted by atomic mass is 79.9. The third kappa shape index (κ3) is 6.68. The van der Waals surface area contributed by atoms with Crippen molar-refractivity contribution in [2.24, 2.45) is 0 Å². The van der Waals surface area contributed by atoms with Crippen molar-refractivity contribution in [1.82, 2.24) is 4.90 Å². The largest absolute Gasteiger partial charge is 0.389 e. The van der Waals surface area contributed by atoms with Crippen LogP contribution >= 0.6 is 15.9 Å². The lowest BCUT2D eigenvalue weighted by Gasteiger charge is -2.19. The SMILES string of the molecule is COCC(O)CN(C)CC(=O)Nc1ccc(Br)cc1. The molecule has 0 heterocycles. The second-order valence-electron chi connectivity index (χ2n) is 4.36. The van der Waals surface area contributed by atoms with Crippen molar-refractivity contribution in [3.63, 3.8) is 0 Å². The predicted octanol–water partition coefficient (Wildman–Crippen LogP) is 1.33. The number of benzene rings is 1. The van der Waals surface area contributed by atoms with Gasteiger partial charge in [0.2, 0.25) is 5.91 Å². The first kappa shape index (κ1) is 16.1. The molecule has 0 spiro atoms. The van der Waals surface area contributed by atoms with E-state index in [-0.39, 0.29) is 19.1 Å². The number of nitrogens with zero attached hydrogens (tertiary/aromatic N) is 1. The third-order valence-corrected chi connectivity index (χ3v) is 2.95. The summed E-state index contributed by atoms with van der Waals surface area (Å²) < 4.78 is 5.80. The van der Waals surface area contributed by atoms with Gasteiger partial charge in [-0.05, 0) is 31.3 Å². The van der Waals surface area contributed by atoms with E-state index >= 15 is 0 Å². The quantitative estimate of drug-likeness (QED) is 0.791. The van der Waals surface area contributed by atoms with E-state index in [1.807, 2.05) is 24.3 Å². The molecule has 1 aromatic rings. The summed E-state index contributed by atoms with van der Waals surface area (Å²) in [6, 6.07) is 7.37. The molecule has 2 N–H and O–H groups in total. The number of methoxy groups -OCH3 is 1. The van der Waals surface area contributed by atoms with Gasteiger partial charge in [-0.1, -0.05) is 15.9 Å². The van der Waals surface area contributed by atoms with Crippen LogP contribution < -0.4 is 5.32 Å². The second-order valence-corrected chi connectivity index (χ2v) is 5.28. The van der Waals surface area contributed by atoms with Gasteiger partial charge in [0.15, 0.2) is 0 Å². The maximum atomic E-state index is 11.8. The molecule has 0 fully saturated rings. The molecule has 0 aliphatic carbocycles. The number of carbonyl (C=O) groups excluding carboxylic acids is 1. The van der Waals surface area contributed by atoms with E-state index in [1.165, 1.54) is 7.11 Å². The van der Waals surface area contributed by atoms with Crippen molar-refractivity contribution in [2.75, 3.05) is 39.2 Å². The Morgan fingerprint density at radius 1 is 1.47 bits per heavy atom. The van der Waals surface area contributed by atoms with Gasteiger partial charge in [0.25, 0.3) is 0 Å². The minimum absolute atomic E-state index is 0.116. The number of nitrogens with one attached hydrogen (secondary N) is 1. The van der Waals surface area contributed by atoms with Crippen LogP contribution in [-0.2, 0) is 9.53 Å². The Morgan fingerprint density at radius 2 is 2.11 bits per heavy atom. The molecule has 1 amide bonds. The van der Waals surface area contributed by atoms with E-state index in [0.29, 0.717) is 6.54 Å². The number of amides is 1. The van der Waals surface area contributed by atoms with Crippen LogP contribution in [0.3, 0.4) is 0 Å². The summed E-state index contributed by atoms with van der Waals surface area (Å²) in [4.78, 5) is 13.5. The fourth-order valence-corrected chi connectivity index (χ4v) is 1.91. The number of carbonyl (C=O) groups is 1. The lowest BCUT2D eigenvalue weighted by molar-refractivity contribution is -0.117. The number of rotatable bonds is 7. The number of hydrogen-bond acceptors (Lipinski definition) is 4. The molecule has 1 unspecified atom stereocenters. The van der Waals surface area contributed by atoms with Crippen LogP contribution in [0.25, 0.3) is 0 Å². The van der Waals surface area contributed by atoms with Crippen molar-refractivity contribution in [2.45, 2.75) is 6.10 Å². The van der Waals surface area contributed by atoms with Gasteiger partial charge in [-0.25, -0.2) is 0 Å². The highest BCUT2D eigenvalue weighted by Gasteiger charge is 2.11. The zero-order valence-electron chi connectivity index (χ0n) is 11.1. The smallest absolute Gasteiger partial charge is 0.238 e. The number of ether oxygens (including phenoxy) is 1. The fraction of sp³-hybridized carbons (Fsp3) is 0.462. The van der Waals surface area contributed by atoms with E-state index < -0.39 is 6.10 Å². The third-order valence-electron chi connectivity index (χ3n) is 2.42. The first-order valence-electron chi connectivity index (χ1n) is 5.92. The molecule has 0 saturated heterocycles. The Kier molecular flexibility index (Phi) is 7.01. The molecule has 5 nitrogen and oxygen atoms in total. The minimum Gasteiger partial charge on any atom is -0.389 e. The van der Waals surface area contributed by atoms with Gasteiger partial charge in [0.05, 0.1) is 19.3 Å². The average molecular weight is 331 g/mol. The molecule has 0 saturated carbocycles. The van der Waals surface area contributed by atoms with Crippen molar-refractivity contribution < 1.29 is 14.6 Å². The Labute approximate surface area is 121 Å². The molecule has 0 aliphatic heterocycles. The van der Waals surface area contributed by atoms with Crippen LogP contribution in [0, 0.1) is 0 Å². The van der Waals surface area contributed by atoms with E-state index in [2.05, 4.69) is 21.2 Å². The maximum Gasteiger partial charge on any atom is 0.238 e. The molecule has 0 aliphatic rings. The molecule has 0 radical (unpaired) electrons. The Morgan fingerprint density at radius 3 is 2.68 bits per heavy atom. The molecular formula is C13H19BrN2O3. The second kappa shape index (κ2) is 8.27. The molecular weight excluding hydrogens is 312 g/mol. The normalized spacial score (nSPS) is 12.5. The van der Waals surface area contributed by atoms with Gasteiger partial charge in [-0.15, -0.1) is 0 Å². The van der Waals surface area contributed by atoms with Crippen molar-refractivity contribution in [1.29, 1.82) is 0 Å². The monoisotopic (exact) mass is 330 g/mol. The number of aliphatic hydroxyl groups excluding tert-OH is 1. The van der Waals surface area contributed by atoms with Crippen LogP contribution in [-0.4, -0.2) is 55.9 Å². The van der Waals surface area contributed by atoms with Crippen LogP contribution in [0.5, 0.6) is 0 Å². The zero-order valence-corrected chi connectivity index (χ0v) is 12.7. The number of likely N-dealkylation sites (N-methyl/N-ethyl adjacent to an activating group) is 1. The summed E-state index contributed by atoms with van der Waals surface area (Å²) in [5.74, 6) is -0.116. The number of anilines is 1. The average Bonchev–Trinajstić information content (AvgIpc) is 2.32. The molecule has 0 bridgehead atoms. The maximum absolute atomic E-state index is 11.8. The van der Waals surface area contributed by atoms with Crippen molar-refractivity contribution in [3.8, 4) is 0 Å². The summed E-state index contributed by atoms with van der Waals surface area (Å²) in [5.41, 5.74) is 0.749. The van der Waals surface area contributed by atoms with Gasteiger partial charge in [0.1, 0.15) is 0 Å². The summed E-state index contributed by atoms with van der Waals surface area (Å²) >= 11 is 3.33. The van der Waals surface area contributed by atoms with Gasteiger partial charge in [-0.3, -0.25) is 9.69 Å². The highest BCUT2D eigenvalue weighted by Crippen LogP contribution is 2.13. The molecule has 19 heavy (non-hydrogen) atoms. The van der Waals surface area contributed by atoms with E-state index in [9.17, 15) is 9.90 Å². The van der Waals surface area contributed by atoms with E-state index in [4.69, 9.17) is 4.74 Å². The molecule has 1 rings (SSSR count). The molecule has 6 heteroatoms. The standard InChI is InChI=1S/C13H19BrN2O3/c1-16(7-12(17)9-19-2)8-13(18)15-11-5-3-10(14)4-6-11/h3-6,12,17H,7-9H2,1-2H3,(H,15,18). The van der Waals surface area contributed by atoms with Crippen LogP contribution in [0.2, 0.25) is 0 Å². The lowest BCUT2D eigenvalue weighted by Crippen LogP contribution is -2.37. The molecule has 0 aromatic heterocycles. The Hall–Kier alpha value is -0.950. The minimum atomic E-state index is -0.588. The van der Waals surface area contributed by atoms with Gasteiger partial charge in [0, 0.05) is 23.8 Å². The summed E-state index contributed by atoms with van der Waals surface area (Å²) in [5, 5.41) is 12.3. The first-order valence-corrected chi connectivity index (χ1v) is 6.71. The molecule has 1 atom stereocenters. The van der Waals surface area contributed by atoms with Crippen LogP contribution in [0.1, 0.15) is 0 Å². The molecule has 1 aromatic carbocycles. The number of aliphatic hydroxyl groups is 1. The van der Waals surface area contributed by atoms with Gasteiger partial charge < -0.3 is 15.2 Å². The van der Waals surface area contributed by atoms with E-state index in [1.54, 1.807) is 11.9 Å². The summed E-state index contributed by atoms with van der Waals surface area (Å²) in [6.45, 7) is 0.872.